The highest BCUT2D eigenvalue weighted by atomic mass is 35.5. The molecular formula is C19H15ClNO5S-. The number of halogens is 1. The molecule has 0 saturated carbocycles. The zero-order chi connectivity index (χ0) is 19.7. The van der Waals surface area contributed by atoms with Gasteiger partial charge in [-0.2, -0.15) is 0 Å². The fraction of sp³-hybridized carbons (Fsp3) is 0.211. The second kappa shape index (κ2) is 7.62. The van der Waals surface area contributed by atoms with E-state index in [2.05, 4.69) is 0 Å². The molecule has 1 fully saturated rings. The molecule has 2 amide bonds. The van der Waals surface area contributed by atoms with Crippen molar-refractivity contribution in [3.63, 3.8) is 0 Å². The van der Waals surface area contributed by atoms with Crippen LogP contribution in [0.1, 0.15) is 36.4 Å². The lowest BCUT2D eigenvalue weighted by molar-refractivity contribution is -0.255. The van der Waals surface area contributed by atoms with Gasteiger partial charge >= 0.3 is 0 Å². The molecular weight excluding hydrogens is 390 g/mol. The SMILES string of the molecule is CC[C@H](C)N1C(=O)S/C(=C/c2ccc(-c3cc(C(=O)[O-])ccc3Cl)o2)C1=O. The number of carboxylic acid groups (broad SMARTS) is 1. The molecule has 0 unspecified atom stereocenters. The van der Waals surface area contributed by atoms with Crippen molar-refractivity contribution in [2.24, 2.45) is 0 Å². The van der Waals surface area contributed by atoms with Crippen LogP contribution in [0, 0.1) is 0 Å². The van der Waals surface area contributed by atoms with E-state index in [0.717, 1.165) is 11.8 Å². The molecule has 1 atom stereocenters. The van der Waals surface area contributed by atoms with Gasteiger partial charge in [-0.05, 0) is 54.9 Å². The van der Waals surface area contributed by atoms with Crippen LogP contribution in [0.2, 0.25) is 5.02 Å². The topological polar surface area (TPSA) is 90.7 Å². The van der Waals surface area contributed by atoms with Crippen molar-refractivity contribution >= 4 is 46.6 Å². The van der Waals surface area contributed by atoms with Gasteiger partial charge in [0.2, 0.25) is 0 Å². The summed E-state index contributed by atoms with van der Waals surface area (Å²) in [4.78, 5) is 37.1. The summed E-state index contributed by atoms with van der Waals surface area (Å²) >= 11 is 6.99. The Morgan fingerprint density at radius 1 is 1.33 bits per heavy atom. The number of carboxylic acids is 1. The summed E-state index contributed by atoms with van der Waals surface area (Å²) in [6.07, 6.45) is 2.16. The first-order chi connectivity index (χ1) is 12.8. The summed E-state index contributed by atoms with van der Waals surface area (Å²) in [6, 6.07) is 7.20. The highest BCUT2D eigenvalue weighted by molar-refractivity contribution is 8.18. The van der Waals surface area contributed by atoms with E-state index in [0.29, 0.717) is 28.5 Å². The molecule has 1 aliphatic rings. The molecule has 0 aliphatic carbocycles. The van der Waals surface area contributed by atoms with Crippen molar-refractivity contribution in [2.45, 2.75) is 26.3 Å². The second-order valence-electron chi connectivity index (χ2n) is 5.99. The third-order valence-electron chi connectivity index (χ3n) is 4.22. The maximum Gasteiger partial charge on any atom is 0.293 e. The minimum Gasteiger partial charge on any atom is -0.545 e. The zero-order valence-electron chi connectivity index (χ0n) is 14.5. The highest BCUT2D eigenvalue weighted by Gasteiger charge is 2.37. The number of thioether (sulfide) groups is 1. The number of hydrogen-bond donors (Lipinski definition) is 0. The van der Waals surface area contributed by atoms with Crippen molar-refractivity contribution in [3.8, 4) is 11.3 Å². The number of nitrogens with zero attached hydrogens (tertiary/aromatic N) is 1. The van der Waals surface area contributed by atoms with Gasteiger partial charge in [-0.15, -0.1) is 0 Å². The minimum absolute atomic E-state index is 0.0259. The summed E-state index contributed by atoms with van der Waals surface area (Å²) < 4.78 is 5.68. The van der Waals surface area contributed by atoms with Crippen LogP contribution in [-0.4, -0.2) is 28.1 Å². The standard InChI is InChI=1S/C19H16ClNO5S/c1-3-10(2)21-17(22)16(27-19(21)25)9-12-5-7-15(26-12)13-8-11(18(23)24)4-6-14(13)20/h4-10H,3H2,1-2H3,(H,23,24)/p-1/b16-9+/t10-/m0/s1. The summed E-state index contributed by atoms with van der Waals surface area (Å²) in [5.74, 6) is -0.974. The van der Waals surface area contributed by atoms with Gasteiger partial charge in [-0.3, -0.25) is 14.5 Å². The van der Waals surface area contributed by atoms with Gasteiger partial charge < -0.3 is 14.3 Å². The van der Waals surface area contributed by atoms with Gasteiger partial charge in [0.15, 0.2) is 0 Å². The number of carbonyl (C=O) groups is 3. The quantitative estimate of drug-likeness (QED) is 0.704. The number of aromatic carboxylic acids is 1. The molecule has 1 saturated heterocycles. The Hall–Kier alpha value is -2.51. The first kappa shape index (κ1) is 19.3. The fourth-order valence-electron chi connectivity index (χ4n) is 2.59. The van der Waals surface area contributed by atoms with E-state index in [1.807, 2.05) is 13.8 Å². The molecule has 1 aromatic heterocycles. The average molecular weight is 405 g/mol. The predicted octanol–water partition coefficient (Wildman–Crippen LogP) is 3.80. The smallest absolute Gasteiger partial charge is 0.293 e. The predicted molar refractivity (Wildman–Crippen MR) is 101 cm³/mol. The number of benzene rings is 1. The first-order valence-corrected chi connectivity index (χ1v) is 9.39. The van der Waals surface area contributed by atoms with Gasteiger partial charge in [-0.1, -0.05) is 24.6 Å². The van der Waals surface area contributed by atoms with Crippen molar-refractivity contribution in [2.75, 3.05) is 0 Å². The lowest BCUT2D eigenvalue weighted by atomic mass is 10.1. The minimum atomic E-state index is -1.32. The van der Waals surface area contributed by atoms with E-state index in [-0.39, 0.29) is 27.7 Å². The molecule has 3 rings (SSSR count). The van der Waals surface area contributed by atoms with Crippen LogP contribution < -0.4 is 5.11 Å². The van der Waals surface area contributed by atoms with Crippen molar-refractivity contribution < 1.29 is 23.9 Å². The number of imide groups is 1. The molecule has 2 heterocycles. The maximum atomic E-state index is 12.5. The van der Waals surface area contributed by atoms with Crippen LogP contribution >= 0.6 is 23.4 Å². The monoisotopic (exact) mass is 404 g/mol. The average Bonchev–Trinajstić information content (AvgIpc) is 3.19. The molecule has 1 aromatic carbocycles. The fourth-order valence-corrected chi connectivity index (χ4v) is 3.71. The van der Waals surface area contributed by atoms with E-state index >= 15 is 0 Å². The third kappa shape index (κ3) is 3.79. The summed E-state index contributed by atoms with van der Waals surface area (Å²) in [5.41, 5.74) is 0.368. The number of furan rings is 1. The van der Waals surface area contributed by atoms with E-state index in [1.165, 1.54) is 29.2 Å². The lowest BCUT2D eigenvalue weighted by Gasteiger charge is -2.19. The molecule has 27 heavy (non-hydrogen) atoms. The van der Waals surface area contributed by atoms with Gasteiger partial charge in [0, 0.05) is 17.7 Å². The second-order valence-corrected chi connectivity index (χ2v) is 7.39. The first-order valence-electron chi connectivity index (χ1n) is 8.20. The molecule has 0 spiro atoms. The number of hydrogen-bond acceptors (Lipinski definition) is 6. The Bertz CT molecular complexity index is 965. The van der Waals surface area contributed by atoms with E-state index < -0.39 is 5.97 Å². The lowest BCUT2D eigenvalue weighted by Crippen LogP contribution is -2.36. The summed E-state index contributed by atoms with van der Waals surface area (Å²) in [5, 5.41) is 11.0. The molecule has 140 valence electrons. The van der Waals surface area contributed by atoms with E-state index in [4.69, 9.17) is 16.0 Å². The van der Waals surface area contributed by atoms with Crippen LogP contribution in [-0.2, 0) is 4.79 Å². The Balaban J connectivity index is 1.90. The molecule has 0 bridgehead atoms. The number of rotatable bonds is 5. The summed E-state index contributed by atoms with van der Waals surface area (Å²) in [6.45, 7) is 3.72. The van der Waals surface area contributed by atoms with Gasteiger partial charge in [-0.25, -0.2) is 0 Å². The van der Waals surface area contributed by atoms with Crippen LogP contribution in [0.3, 0.4) is 0 Å². The van der Waals surface area contributed by atoms with E-state index in [1.54, 1.807) is 12.1 Å². The normalized spacial score (nSPS) is 17.0. The van der Waals surface area contributed by atoms with Crippen LogP contribution in [0.25, 0.3) is 17.4 Å². The van der Waals surface area contributed by atoms with Gasteiger partial charge in [0.05, 0.1) is 15.9 Å². The molecule has 2 aromatic rings. The van der Waals surface area contributed by atoms with Gasteiger partial charge in [0.25, 0.3) is 11.1 Å². The summed E-state index contributed by atoms with van der Waals surface area (Å²) in [7, 11) is 0. The van der Waals surface area contributed by atoms with Crippen molar-refractivity contribution in [1.29, 1.82) is 0 Å². The van der Waals surface area contributed by atoms with E-state index in [9.17, 15) is 19.5 Å². The molecule has 1 aliphatic heterocycles. The van der Waals surface area contributed by atoms with Crippen molar-refractivity contribution in [1.82, 2.24) is 4.90 Å². The van der Waals surface area contributed by atoms with Crippen LogP contribution in [0.15, 0.2) is 39.7 Å². The zero-order valence-corrected chi connectivity index (χ0v) is 16.1. The van der Waals surface area contributed by atoms with Crippen LogP contribution in [0.5, 0.6) is 0 Å². The Morgan fingerprint density at radius 3 is 2.74 bits per heavy atom. The highest BCUT2D eigenvalue weighted by Crippen LogP contribution is 2.36. The molecule has 8 heteroatoms. The number of amides is 2. The van der Waals surface area contributed by atoms with Crippen molar-refractivity contribution in [3.05, 3.63) is 51.6 Å². The van der Waals surface area contributed by atoms with Gasteiger partial charge in [0.1, 0.15) is 11.5 Å². The number of carbonyl (C=O) groups excluding carboxylic acids is 3. The van der Waals surface area contributed by atoms with Crippen LogP contribution in [0.4, 0.5) is 4.79 Å². The Kier molecular flexibility index (Phi) is 5.43. The molecule has 6 nitrogen and oxygen atoms in total. The maximum absolute atomic E-state index is 12.5. The molecule has 0 radical (unpaired) electrons. The largest absolute Gasteiger partial charge is 0.545 e. The third-order valence-corrected chi connectivity index (χ3v) is 5.44. The molecule has 0 N–H and O–H groups in total. The Labute approximate surface area is 164 Å². The Morgan fingerprint density at radius 2 is 2.07 bits per heavy atom.